The number of rotatable bonds is 3. The predicted molar refractivity (Wildman–Crippen MR) is 71.2 cm³/mol. The monoisotopic (exact) mass is 267 g/mol. The summed E-state index contributed by atoms with van der Waals surface area (Å²) in [5.74, 6) is -1.06. The van der Waals surface area contributed by atoms with E-state index in [1.165, 1.54) is 6.42 Å². The number of Topliss-reactive ketones (excluding diaryl/α,β-unsaturated/α-hetero) is 1. The van der Waals surface area contributed by atoms with Crippen molar-refractivity contribution in [2.24, 2.45) is 5.41 Å². The smallest absolute Gasteiger partial charge is 0.348 e. The van der Waals surface area contributed by atoms with E-state index in [2.05, 4.69) is 0 Å². The lowest BCUT2D eigenvalue weighted by atomic mass is 9.71. The molecule has 3 N–H and O–H groups in total. The second-order valence-corrected chi connectivity index (χ2v) is 6.03. The molecule has 2 rings (SSSR count). The molecule has 1 aromatic heterocycles. The van der Waals surface area contributed by atoms with Gasteiger partial charge in [0.15, 0.2) is 5.78 Å². The summed E-state index contributed by atoms with van der Waals surface area (Å²) in [6.07, 6.45) is 5.01. The second kappa shape index (κ2) is 4.72. The largest absolute Gasteiger partial charge is 0.477 e. The summed E-state index contributed by atoms with van der Waals surface area (Å²) in [5, 5.41) is 10.5. The number of carbonyl (C=O) groups is 2. The van der Waals surface area contributed by atoms with Gasteiger partial charge in [-0.1, -0.05) is 26.2 Å². The van der Waals surface area contributed by atoms with Crippen molar-refractivity contribution in [3.05, 3.63) is 15.8 Å². The summed E-state index contributed by atoms with van der Waals surface area (Å²) in [4.78, 5) is 23.5. The van der Waals surface area contributed by atoms with Gasteiger partial charge in [0.2, 0.25) is 0 Å². The Labute approximate surface area is 110 Å². The van der Waals surface area contributed by atoms with E-state index in [0.29, 0.717) is 5.56 Å². The molecule has 0 amide bonds. The Morgan fingerprint density at radius 3 is 2.44 bits per heavy atom. The van der Waals surface area contributed by atoms with Crippen LogP contribution in [0, 0.1) is 5.41 Å². The lowest BCUT2D eigenvalue weighted by Gasteiger charge is -2.31. The van der Waals surface area contributed by atoms with E-state index in [1.54, 1.807) is 5.38 Å². The number of nitrogen functional groups attached to an aromatic ring is 1. The first kappa shape index (κ1) is 13.1. The van der Waals surface area contributed by atoms with Crippen LogP contribution in [-0.2, 0) is 0 Å². The first-order valence-electron chi connectivity index (χ1n) is 6.11. The molecule has 0 aliphatic heterocycles. The maximum Gasteiger partial charge on any atom is 0.348 e. The van der Waals surface area contributed by atoms with Crippen LogP contribution in [0.4, 0.5) is 5.69 Å². The van der Waals surface area contributed by atoms with Crippen molar-refractivity contribution in [3.8, 4) is 0 Å². The summed E-state index contributed by atoms with van der Waals surface area (Å²) in [5.41, 5.74) is 5.93. The third-order valence-corrected chi connectivity index (χ3v) is 4.76. The highest BCUT2D eigenvalue weighted by molar-refractivity contribution is 7.13. The number of carboxylic acid groups (broad SMARTS) is 1. The number of hydrogen-bond acceptors (Lipinski definition) is 4. The Morgan fingerprint density at radius 2 is 1.94 bits per heavy atom. The highest BCUT2D eigenvalue weighted by atomic mass is 32.1. The van der Waals surface area contributed by atoms with Crippen LogP contribution >= 0.6 is 11.3 Å². The average molecular weight is 267 g/mol. The van der Waals surface area contributed by atoms with Crippen LogP contribution in [0.1, 0.15) is 59.1 Å². The Hall–Kier alpha value is -1.36. The fraction of sp³-hybridized carbons (Fsp3) is 0.538. The zero-order chi connectivity index (χ0) is 13.3. The average Bonchev–Trinajstić information content (AvgIpc) is 2.71. The highest BCUT2D eigenvalue weighted by Gasteiger charge is 2.37. The normalized spacial score (nSPS) is 18.5. The fourth-order valence-electron chi connectivity index (χ4n) is 2.59. The molecule has 0 unspecified atom stereocenters. The zero-order valence-corrected chi connectivity index (χ0v) is 11.2. The van der Waals surface area contributed by atoms with Gasteiger partial charge in [-0.3, -0.25) is 4.79 Å². The van der Waals surface area contributed by atoms with Crippen LogP contribution in [0.25, 0.3) is 0 Å². The molecule has 5 heteroatoms. The van der Waals surface area contributed by atoms with Gasteiger partial charge >= 0.3 is 5.97 Å². The molecular weight excluding hydrogens is 250 g/mol. The number of ketones is 1. The lowest BCUT2D eigenvalue weighted by molar-refractivity contribution is 0.0703. The summed E-state index contributed by atoms with van der Waals surface area (Å²) >= 11 is 1.03. The van der Waals surface area contributed by atoms with Crippen molar-refractivity contribution in [1.29, 1.82) is 0 Å². The second-order valence-electron chi connectivity index (χ2n) is 5.15. The number of hydrogen-bond donors (Lipinski definition) is 2. The molecule has 0 atom stereocenters. The predicted octanol–water partition coefficient (Wildman–Crippen LogP) is 3.18. The topological polar surface area (TPSA) is 80.4 Å². The highest BCUT2D eigenvalue weighted by Crippen LogP contribution is 2.41. The van der Waals surface area contributed by atoms with Crippen LogP contribution < -0.4 is 5.73 Å². The van der Waals surface area contributed by atoms with Crippen molar-refractivity contribution in [2.45, 2.75) is 39.0 Å². The van der Waals surface area contributed by atoms with E-state index < -0.39 is 5.97 Å². The molecule has 0 aromatic carbocycles. The molecule has 98 valence electrons. The minimum Gasteiger partial charge on any atom is -0.477 e. The minimum absolute atomic E-state index is 0.00319. The zero-order valence-electron chi connectivity index (χ0n) is 10.4. The standard InChI is InChI=1S/C13H17NO3S/c1-13(5-3-2-4-6-13)11(15)8-7-18-10(9(8)14)12(16)17/h7H,2-6,14H2,1H3,(H,16,17). The molecule has 1 aliphatic carbocycles. The van der Waals surface area contributed by atoms with Crippen molar-refractivity contribution >= 4 is 28.8 Å². The summed E-state index contributed by atoms with van der Waals surface area (Å²) in [6, 6.07) is 0. The molecular formula is C13H17NO3S. The molecule has 1 heterocycles. The third kappa shape index (κ3) is 2.14. The number of anilines is 1. The maximum absolute atomic E-state index is 12.5. The molecule has 0 radical (unpaired) electrons. The van der Waals surface area contributed by atoms with Gasteiger partial charge in [0.25, 0.3) is 0 Å². The molecule has 4 nitrogen and oxygen atoms in total. The first-order chi connectivity index (χ1) is 8.46. The van der Waals surface area contributed by atoms with Crippen LogP contribution in [0.5, 0.6) is 0 Å². The van der Waals surface area contributed by atoms with Gasteiger partial charge in [-0.25, -0.2) is 4.79 Å². The molecule has 0 saturated heterocycles. The van der Waals surface area contributed by atoms with Crippen LogP contribution in [0.3, 0.4) is 0 Å². The quantitative estimate of drug-likeness (QED) is 0.824. The van der Waals surface area contributed by atoms with Gasteiger partial charge in [-0.15, -0.1) is 11.3 Å². The Morgan fingerprint density at radius 1 is 1.33 bits per heavy atom. The van der Waals surface area contributed by atoms with E-state index in [1.807, 2.05) is 6.92 Å². The van der Waals surface area contributed by atoms with Gasteiger partial charge < -0.3 is 10.8 Å². The van der Waals surface area contributed by atoms with Gasteiger partial charge in [0.05, 0.1) is 11.3 Å². The summed E-state index contributed by atoms with van der Waals surface area (Å²) in [6.45, 7) is 1.96. The Kier molecular flexibility index (Phi) is 3.43. The van der Waals surface area contributed by atoms with Crippen LogP contribution in [0.15, 0.2) is 5.38 Å². The van der Waals surface area contributed by atoms with Gasteiger partial charge in [0, 0.05) is 10.8 Å². The first-order valence-corrected chi connectivity index (χ1v) is 6.99. The Bertz CT molecular complexity index is 486. The number of carbonyl (C=O) groups excluding carboxylic acids is 1. The molecule has 1 saturated carbocycles. The van der Waals surface area contributed by atoms with Crippen molar-refractivity contribution in [2.75, 3.05) is 5.73 Å². The molecule has 18 heavy (non-hydrogen) atoms. The SMILES string of the molecule is CC1(C(=O)c2csc(C(=O)O)c2N)CCCCC1. The third-order valence-electron chi connectivity index (χ3n) is 3.77. The molecule has 0 bridgehead atoms. The van der Waals surface area contributed by atoms with Crippen LogP contribution in [-0.4, -0.2) is 16.9 Å². The fourth-order valence-corrected chi connectivity index (χ4v) is 3.40. The summed E-state index contributed by atoms with van der Waals surface area (Å²) in [7, 11) is 0. The van der Waals surface area contributed by atoms with Gasteiger partial charge in [0.1, 0.15) is 4.88 Å². The molecule has 0 spiro atoms. The minimum atomic E-state index is -1.06. The van der Waals surface area contributed by atoms with E-state index in [-0.39, 0.29) is 21.8 Å². The van der Waals surface area contributed by atoms with Gasteiger partial charge in [-0.2, -0.15) is 0 Å². The molecule has 1 fully saturated rings. The van der Waals surface area contributed by atoms with Crippen molar-refractivity contribution < 1.29 is 14.7 Å². The number of thiophene rings is 1. The molecule has 1 aromatic rings. The maximum atomic E-state index is 12.5. The Balaban J connectivity index is 2.31. The van der Waals surface area contributed by atoms with Crippen molar-refractivity contribution in [1.82, 2.24) is 0 Å². The van der Waals surface area contributed by atoms with E-state index in [9.17, 15) is 9.59 Å². The number of carboxylic acids is 1. The molecule has 1 aliphatic rings. The van der Waals surface area contributed by atoms with E-state index in [0.717, 1.165) is 37.0 Å². The lowest BCUT2D eigenvalue weighted by Crippen LogP contribution is -2.30. The van der Waals surface area contributed by atoms with E-state index in [4.69, 9.17) is 10.8 Å². The number of aromatic carboxylic acids is 1. The van der Waals surface area contributed by atoms with Crippen LogP contribution in [0.2, 0.25) is 0 Å². The van der Waals surface area contributed by atoms with Gasteiger partial charge in [-0.05, 0) is 12.8 Å². The van der Waals surface area contributed by atoms with Crippen molar-refractivity contribution in [3.63, 3.8) is 0 Å². The number of nitrogens with two attached hydrogens (primary N) is 1. The van der Waals surface area contributed by atoms with E-state index >= 15 is 0 Å². The summed E-state index contributed by atoms with van der Waals surface area (Å²) < 4.78 is 0.